The van der Waals surface area contributed by atoms with E-state index in [0.717, 1.165) is 29.8 Å². The molecule has 0 aliphatic rings. The third-order valence-corrected chi connectivity index (χ3v) is 3.82. The number of benzene rings is 2. The molecule has 0 fully saturated rings. The van der Waals surface area contributed by atoms with Crippen LogP contribution in [0.1, 0.15) is 49.9 Å². The predicted octanol–water partition coefficient (Wildman–Crippen LogP) is 6.60. The van der Waals surface area contributed by atoms with Crippen LogP contribution >= 0.6 is 0 Å². The lowest BCUT2D eigenvalue weighted by Crippen LogP contribution is -1.93. The normalized spacial score (nSPS) is 9.46. The van der Waals surface area contributed by atoms with Crippen LogP contribution in [-0.4, -0.2) is 9.97 Å². The molecule has 0 bridgehead atoms. The van der Waals surface area contributed by atoms with Gasteiger partial charge in [-0.2, -0.15) is 0 Å². The zero-order valence-corrected chi connectivity index (χ0v) is 17.1. The topological polar surface area (TPSA) is 25.8 Å². The average molecular weight is 349 g/mol. The lowest BCUT2D eigenvalue weighted by atomic mass is 10.0. The summed E-state index contributed by atoms with van der Waals surface area (Å²) >= 11 is 0. The first-order valence-corrected chi connectivity index (χ1v) is 9.64. The lowest BCUT2D eigenvalue weighted by molar-refractivity contribution is 0.959. The van der Waals surface area contributed by atoms with Crippen LogP contribution in [0.2, 0.25) is 0 Å². The molecular weight excluding hydrogens is 316 g/mol. The molecule has 0 saturated carbocycles. The van der Waals surface area contributed by atoms with Gasteiger partial charge in [0.25, 0.3) is 0 Å². The van der Waals surface area contributed by atoms with Crippen LogP contribution in [0.25, 0.3) is 11.4 Å². The van der Waals surface area contributed by atoms with Gasteiger partial charge in [-0.15, -0.1) is 0 Å². The van der Waals surface area contributed by atoms with Gasteiger partial charge in [-0.3, -0.25) is 0 Å². The van der Waals surface area contributed by atoms with Crippen LogP contribution in [-0.2, 0) is 12.8 Å². The van der Waals surface area contributed by atoms with Crippen molar-refractivity contribution in [2.24, 2.45) is 0 Å². The van der Waals surface area contributed by atoms with Crippen molar-refractivity contribution >= 4 is 0 Å². The molecule has 0 radical (unpaired) electrons. The Labute approximate surface area is 159 Å². The smallest absolute Gasteiger partial charge is 0.159 e. The molecule has 3 aromatic rings. The second-order valence-electron chi connectivity index (χ2n) is 5.77. The highest BCUT2D eigenvalue weighted by Crippen LogP contribution is 2.16. The predicted molar refractivity (Wildman–Crippen MR) is 113 cm³/mol. The fourth-order valence-electron chi connectivity index (χ4n) is 2.41. The van der Waals surface area contributed by atoms with Crippen LogP contribution < -0.4 is 0 Å². The SMILES string of the molecule is CC.CC.Cc1ccc(CCc2ccc(-c3ncc(C)cn3)cc2)cc1. The standard InChI is InChI=1S/C20H20N2.2C2H6/c1-15-3-5-17(6-4-15)7-8-18-9-11-19(12-10-18)20-21-13-16(2)14-22-20;2*1-2/h3-6,9-14H,7-8H2,1-2H3;2*1-2H3. The van der Waals surface area contributed by atoms with Gasteiger partial charge in [0.2, 0.25) is 0 Å². The number of aryl methyl sites for hydroxylation is 4. The number of rotatable bonds is 4. The van der Waals surface area contributed by atoms with Crippen molar-refractivity contribution in [3.63, 3.8) is 0 Å². The second kappa shape index (κ2) is 12.0. The maximum atomic E-state index is 4.37. The zero-order valence-electron chi connectivity index (χ0n) is 17.1. The molecule has 1 aromatic heterocycles. The van der Waals surface area contributed by atoms with Crippen LogP contribution in [0.3, 0.4) is 0 Å². The Balaban J connectivity index is 0.000000791. The van der Waals surface area contributed by atoms with E-state index in [1.165, 1.54) is 16.7 Å². The molecule has 0 aliphatic carbocycles. The Morgan fingerprint density at radius 3 is 1.46 bits per heavy atom. The first kappa shape index (κ1) is 21.6. The highest BCUT2D eigenvalue weighted by atomic mass is 14.9. The van der Waals surface area contributed by atoms with E-state index in [0.29, 0.717) is 0 Å². The fraction of sp³-hybridized carbons (Fsp3) is 0.333. The van der Waals surface area contributed by atoms with Crippen LogP contribution in [0.4, 0.5) is 0 Å². The van der Waals surface area contributed by atoms with Crippen molar-refractivity contribution in [1.82, 2.24) is 9.97 Å². The van der Waals surface area contributed by atoms with Gasteiger partial charge in [0, 0.05) is 18.0 Å². The van der Waals surface area contributed by atoms with E-state index in [4.69, 9.17) is 0 Å². The van der Waals surface area contributed by atoms with Crippen molar-refractivity contribution in [1.29, 1.82) is 0 Å². The Kier molecular flexibility index (Phi) is 9.93. The summed E-state index contributed by atoms with van der Waals surface area (Å²) in [5.41, 5.74) is 6.19. The van der Waals surface area contributed by atoms with Gasteiger partial charge in [-0.25, -0.2) is 9.97 Å². The first-order chi connectivity index (χ1) is 12.7. The van der Waals surface area contributed by atoms with E-state index in [9.17, 15) is 0 Å². The van der Waals surface area contributed by atoms with Gasteiger partial charge in [-0.05, 0) is 43.4 Å². The second-order valence-corrected chi connectivity index (χ2v) is 5.77. The molecule has 0 unspecified atom stereocenters. The van der Waals surface area contributed by atoms with Gasteiger partial charge < -0.3 is 0 Å². The van der Waals surface area contributed by atoms with Crippen molar-refractivity contribution in [2.75, 3.05) is 0 Å². The minimum Gasteiger partial charge on any atom is -0.236 e. The molecule has 2 nitrogen and oxygen atoms in total. The Hall–Kier alpha value is -2.48. The van der Waals surface area contributed by atoms with Crippen LogP contribution in [0, 0.1) is 13.8 Å². The highest BCUT2D eigenvalue weighted by molar-refractivity contribution is 5.55. The monoisotopic (exact) mass is 348 g/mol. The van der Waals surface area contributed by atoms with E-state index in [2.05, 4.69) is 65.4 Å². The molecule has 138 valence electrons. The van der Waals surface area contributed by atoms with E-state index in [1.807, 2.05) is 47.0 Å². The number of aromatic nitrogens is 2. The van der Waals surface area contributed by atoms with Crippen molar-refractivity contribution in [3.05, 3.63) is 83.2 Å². The third-order valence-electron chi connectivity index (χ3n) is 3.82. The van der Waals surface area contributed by atoms with Crippen molar-refractivity contribution in [3.8, 4) is 11.4 Å². The minimum atomic E-state index is 0.788. The molecule has 0 N–H and O–H groups in total. The van der Waals surface area contributed by atoms with Gasteiger partial charge in [0.15, 0.2) is 5.82 Å². The summed E-state index contributed by atoms with van der Waals surface area (Å²) in [6.07, 6.45) is 5.83. The summed E-state index contributed by atoms with van der Waals surface area (Å²) in [5.74, 6) is 0.788. The molecule has 1 heterocycles. The maximum Gasteiger partial charge on any atom is 0.159 e. The summed E-state index contributed by atoms with van der Waals surface area (Å²) < 4.78 is 0. The van der Waals surface area contributed by atoms with Gasteiger partial charge in [0.1, 0.15) is 0 Å². The van der Waals surface area contributed by atoms with Gasteiger partial charge in [0.05, 0.1) is 0 Å². The molecule has 0 spiro atoms. The molecule has 0 amide bonds. The quantitative estimate of drug-likeness (QED) is 0.531. The largest absolute Gasteiger partial charge is 0.236 e. The van der Waals surface area contributed by atoms with Crippen molar-refractivity contribution < 1.29 is 0 Å². The number of hydrogen-bond donors (Lipinski definition) is 0. The highest BCUT2D eigenvalue weighted by Gasteiger charge is 2.01. The van der Waals surface area contributed by atoms with Gasteiger partial charge >= 0.3 is 0 Å². The summed E-state index contributed by atoms with van der Waals surface area (Å²) in [6.45, 7) is 12.1. The van der Waals surface area contributed by atoms with Crippen molar-refractivity contribution in [2.45, 2.75) is 54.4 Å². The summed E-state index contributed by atoms with van der Waals surface area (Å²) in [6, 6.07) is 17.3. The lowest BCUT2D eigenvalue weighted by Gasteiger charge is -2.05. The van der Waals surface area contributed by atoms with E-state index >= 15 is 0 Å². The molecule has 3 rings (SSSR count). The molecule has 0 saturated heterocycles. The Morgan fingerprint density at radius 1 is 0.577 bits per heavy atom. The number of nitrogens with zero attached hydrogens (tertiary/aromatic N) is 2. The molecule has 0 atom stereocenters. The first-order valence-electron chi connectivity index (χ1n) is 9.64. The van der Waals surface area contributed by atoms with E-state index in [1.54, 1.807) is 0 Å². The third kappa shape index (κ3) is 6.79. The molecule has 0 aliphatic heterocycles. The number of hydrogen-bond acceptors (Lipinski definition) is 2. The fourth-order valence-corrected chi connectivity index (χ4v) is 2.41. The maximum absolute atomic E-state index is 4.37. The molecule has 2 aromatic carbocycles. The van der Waals surface area contributed by atoms with E-state index < -0.39 is 0 Å². The Morgan fingerprint density at radius 2 is 1.00 bits per heavy atom. The minimum absolute atomic E-state index is 0.788. The summed E-state index contributed by atoms with van der Waals surface area (Å²) in [4.78, 5) is 8.74. The summed E-state index contributed by atoms with van der Waals surface area (Å²) in [5, 5.41) is 0. The zero-order chi connectivity index (χ0) is 19.4. The van der Waals surface area contributed by atoms with Crippen LogP contribution in [0.15, 0.2) is 60.9 Å². The molecule has 26 heavy (non-hydrogen) atoms. The average Bonchev–Trinajstić information content (AvgIpc) is 2.72. The summed E-state index contributed by atoms with van der Waals surface area (Å²) in [7, 11) is 0. The van der Waals surface area contributed by atoms with Crippen LogP contribution in [0.5, 0.6) is 0 Å². The molecular formula is C24H32N2. The van der Waals surface area contributed by atoms with E-state index in [-0.39, 0.29) is 0 Å². The Bertz CT molecular complexity index is 727. The molecule has 2 heteroatoms. The van der Waals surface area contributed by atoms with Gasteiger partial charge in [-0.1, -0.05) is 81.8 Å².